The van der Waals surface area contributed by atoms with Gasteiger partial charge in [-0.15, -0.1) is 0 Å². The first-order valence-electron chi connectivity index (χ1n) is 4.22. The standard InChI is InChI=1S/C10H12N2O/c1-7-4-6-13-10(7)9(11)8-3-2-5-12-8/h2-6,9,12H,11H2,1H3. The van der Waals surface area contributed by atoms with Gasteiger partial charge in [-0.2, -0.15) is 0 Å². The van der Waals surface area contributed by atoms with Crippen molar-refractivity contribution in [3.05, 3.63) is 47.7 Å². The van der Waals surface area contributed by atoms with E-state index in [4.69, 9.17) is 10.2 Å². The normalized spacial score (nSPS) is 13.1. The molecule has 0 saturated carbocycles. The fourth-order valence-corrected chi connectivity index (χ4v) is 1.38. The molecule has 0 bridgehead atoms. The molecule has 68 valence electrons. The lowest BCUT2D eigenvalue weighted by molar-refractivity contribution is 0.484. The molecular weight excluding hydrogens is 164 g/mol. The maximum Gasteiger partial charge on any atom is 0.129 e. The average Bonchev–Trinajstić information content (AvgIpc) is 2.72. The molecule has 0 aromatic carbocycles. The number of furan rings is 1. The van der Waals surface area contributed by atoms with Crippen molar-refractivity contribution in [2.45, 2.75) is 13.0 Å². The van der Waals surface area contributed by atoms with Crippen molar-refractivity contribution in [2.75, 3.05) is 0 Å². The Morgan fingerprint density at radius 1 is 1.46 bits per heavy atom. The Kier molecular flexibility index (Phi) is 1.94. The maximum absolute atomic E-state index is 5.98. The Balaban J connectivity index is 2.33. The lowest BCUT2D eigenvalue weighted by Gasteiger charge is -2.07. The zero-order valence-corrected chi connectivity index (χ0v) is 7.45. The Bertz CT molecular complexity index is 375. The van der Waals surface area contributed by atoms with Crippen molar-refractivity contribution in [2.24, 2.45) is 5.73 Å². The fourth-order valence-electron chi connectivity index (χ4n) is 1.38. The minimum absolute atomic E-state index is 0.190. The Hall–Kier alpha value is -1.48. The van der Waals surface area contributed by atoms with Gasteiger partial charge in [-0.3, -0.25) is 0 Å². The van der Waals surface area contributed by atoms with E-state index in [1.807, 2.05) is 31.3 Å². The van der Waals surface area contributed by atoms with E-state index in [9.17, 15) is 0 Å². The lowest BCUT2D eigenvalue weighted by Crippen LogP contribution is -2.12. The van der Waals surface area contributed by atoms with Gasteiger partial charge in [-0.05, 0) is 30.7 Å². The Morgan fingerprint density at radius 2 is 2.31 bits per heavy atom. The predicted molar refractivity (Wildman–Crippen MR) is 50.3 cm³/mol. The van der Waals surface area contributed by atoms with Gasteiger partial charge < -0.3 is 15.1 Å². The quantitative estimate of drug-likeness (QED) is 0.734. The summed E-state index contributed by atoms with van der Waals surface area (Å²) in [5.74, 6) is 0.822. The van der Waals surface area contributed by atoms with Crippen LogP contribution in [0.2, 0.25) is 0 Å². The van der Waals surface area contributed by atoms with Crippen LogP contribution < -0.4 is 5.73 Å². The summed E-state index contributed by atoms with van der Waals surface area (Å²) in [4.78, 5) is 3.07. The van der Waals surface area contributed by atoms with E-state index in [1.165, 1.54) is 0 Å². The van der Waals surface area contributed by atoms with E-state index in [1.54, 1.807) is 6.26 Å². The third kappa shape index (κ3) is 1.38. The molecule has 2 aromatic heterocycles. The summed E-state index contributed by atoms with van der Waals surface area (Å²) in [5.41, 5.74) is 8.04. The van der Waals surface area contributed by atoms with E-state index in [0.717, 1.165) is 17.0 Å². The van der Waals surface area contributed by atoms with Crippen LogP contribution in [0.3, 0.4) is 0 Å². The molecule has 0 aliphatic carbocycles. The van der Waals surface area contributed by atoms with Crippen LogP contribution in [0, 0.1) is 6.92 Å². The molecule has 1 atom stereocenters. The monoisotopic (exact) mass is 176 g/mol. The van der Waals surface area contributed by atoms with Gasteiger partial charge >= 0.3 is 0 Å². The van der Waals surface area contributed by atoms with Crippen molar-refractivity contribution in [3.63, 3.8) is 0 Å². The summed E-state index contributed by atoms with van der Waals surface area (Å²) < 4.78 is 5.30. The van der Waals surface area contributed by atoms with Gasteiger partial charge in [0, 0.05) is 11.9 Å². The van der Waals surface area contributed by atoms with Gasteiger partial charge in [0.1, 0.15) is 11.8 Å². The molecule has 0 spiro atoms. The zero-order valence-electron chi connectivity index (χ0n) is 7.45. The number of aromatic amines is 1. The summed E-state index contributed by atoms with van der Waals surface area (Å²) in [6.45, 7) is 1.99. The Morgan fingerprint density at radius 3 is 2.85 bits per heavy atom. The first-order chi connectivity index (χ1) is 6.29. The second kappa shape index (κ2) is 3.11. The number of hydrogen-bond acceptors (Lipinski definition) is 2. The molecule has 1 unspecified atom stereocenters. The summed E-state index contributed by atoms with van der Waals surface area (Å²) in [6.07, 6.45) is 3.51. The van der Waals surface area contributed by atoms with E-state index in [2.05, 4.69) is 4.98 Å². The van der Waals surface area contributed by atoms with Crippen molar-refractivity contribution in [3.8, 4) is 0 Å². The minimum atomic E-state index is -0.190. The highest BCUT2D eigenvalue weighted by atomic mass is 16.3. The highest BCUT2D eigenvalue weighted by Gasteiger charge is 2.14. The van der Waals surface area contributed by atoms with Crippen LogP contribution in [-0.2, 0) is 0 Å². The van der Waals surface area contributed by atoms with Gasteiger partial charge in [0.05, 0.1) is 6.26 Å². The van der Waals surface area contributed by atoms with E-state index in [-0.39, 0.29) is 6.04 Å². The Labute approximate surface area is 76.6 Å². The molecule has 0 amide bonds. The minimum Gasteiger partial charge on any atom is -0.467 e. The molecule has 13 heavy (non-hydrogen) atoms. The highest BCUT2D eigenvalue weighted by molar-refractivity contribution is 5.25. The van der Waals surface area contributed by atoms with E-state index < -0.39 is 0 Å². The van der Waals surface area contributed by atoms with Crippen molar-refractivity contribution in [1.82, 2.24) is 4.98 Å². The molecule has 0 fully saturated rings. The van der Waals surface area contributed by atoms with Gasteiger partial charge in [0.25, 0.3) is 0 Å². The van der Waals surface area contributed by atoms with Crippen molar-refractivity contribution in [1.29, 1.82) is 0 Å². The third-order valence-electron chi connectivity index (χ3n) is 2.14. The topological polar surface area (TPSA) is 54.9 Å². The first kappa shape index (κ1) is 8.13. The van der Waals surface area contributed by atoms with Crippen LogP contribution in [0.15, 0.2) is 35.1 Å². The lowest BCUT2D eigenvalue weighted by atomic mass is 10.1. The molecule has 3 nitrogen and oxygen atoms in total. The summed E-state index contributed by atoms with van der Waals surface area (Å²) in [7, 11) is 0. The van der Waals surface area contributed by atoms with Crippen LogP contribution in [-0.4, -0.2) is 4.98 Å². The molecule has 0 radical (unpaired) electrons. The second-order valence-electron chi connectivity index (χ2n) is 3.07. The van der Waals surface area contributed by atoms with Crippen LogP contribution >= 0.6 is 0 Å². The SMILES string of the molecule is Cc1ccoc1C(N)c1ccc[nH]1. The largest absolute Gasteiger partial charge is 0.467 e. The van der Waals surface area contributed by atoms with E-state index >= 15 is 0 Å². The van der Waals surface area contributed by atoms with Gasteiger partial charge in [0.2, 0.25) is 0 Å². The third-order valence-corrected chi connectivity index (χ3v) is 2.14. The first-order valence-corrected chi connectivity index (χ1v) is 4.22. The number of nitrogens with one attached hydrogen (secondary N) is 1. The molecular formula is C10H12N2O. The molecule has 3 N–H and O–H groups in total. The molecule has 2 rings (SSSR count). The highest BCUT2D eigenvalue weighted by Crippen LogP contribution is 2.21. The van der Waals surface area contributed by atoms with Gasteiger partial charge in [-0.1, -0.05) is 0 Å². The second-order valence-corrected chi connectivity index (χ2v) is 3.07. The number of rotatable bonds is 2. The molecule has 2 heterocycles. The summed E-state index contributed by atoms with van der Waals surface area (Å²) >= 11 is 0. The maximum atomic E-state index is 5.98. The van der Waals surface area contributed by atoms with Gasteiger partial charge in [0.15, 0.2) is 0 Å². The molecule has 0 saturated heterocycles. The summed E-state index contributed by atoms with van der Waals surface area (Å²) in [5, 5.41) is 0. The smallest absolute Gasteiger partial charge is 0.129 e. The molecule has 0 aliphatic rings. The summed E-state index contributed by atoms with van der Waals surface area (Å²) in [6, 6.07) is 5.60. The molecule has 0 aliphatic heterocycles. The predicted octanol–water partition coefficient (Wildman–Crippen LogP) is 1.96. The van der Waals surface area contributed by atoms with Crippen LogP contribution in [0.1, 0.15) is 23.1 Å². The van der Waals surface area contributed by atoms with Crippen LogP contribution in [0.25, 0.3) is 0 Å². The van der Waals surface area contributed by atoms with Crippen LogP contribution in [0.4, 0.5) is 0 Å². The van der Waals surface area contributed by atoms with Crippen molar-refractivity contribution < 1.29 is 4.42 Å². The fraction of sp³-hybridized carbons (Fsp3) is 0.200. The number of aromatic nitrogens is 1. The van der Waals surface area contributed by atoms with Gasteiger partial charge in [-0.25, -0.2) is 0 Å². The number of hydrogen-bond donors (Lipinski definition) is 2. The van der Waals surface area contributed by atoms with Crippen molar-refractivity contribution >= 4 is 0 Å². The number of H-pyrrole nitrogens is 1. The number of nitrogens with two attached hydrogens (primary N) is 1. The number of aryl methyl sites for hydroxylation is 1. The van der Waals surface area contributed by atoms with Crippen LogP contribution in [0.5, 0.6) is 0 Å². The molecule has 2 aromatic rings. The van der Waals surface area contributed by atoms with E-state index in [0.29, 0.717) is 0 Å². The molecule has 3 heteroatoms. The average molecular weight is 176 g/mol. The zero-order chi connectivity index (χ0) is 9.26.